The second-order valence-electron chi connectivity index (χ2n) is 6.31. The maximum absolute atomic E-state index is 12.6. The number of carbonyl (C=O) groups excluding carboxylic acids is 2. The molecule has 1 aliphatic rings. The largest absolute Gasteiger partial charge is 0.338 e. The van der Waals surface area contributed by atoms with Crippen molar-refractivity contribution in [3.63, 3.8) is 0 Å². The van der Waals surface area contributed by atoms with Gasteiger partial charge in [0.05, 0.1) is 10.6 Å². The minimum absolute atomic E-state index is 0.0154. The number of amides is 2. The Morgan fingerprint density at radius 3 is 2.48 bits per heavy atom. The van der Waals surface area contributed by atoms with Crippen molar-refractivity contribution >= 4 is 23.2 Å². The van der Waals surface area contributed by atoms with E-state index in [0.29, 0.717) is 42.3 Å². The highest BCUT2D eigenvalue weighted by atomic mass is 32.1. The summed E-state index contributed by atoms with van der Waals surface area (Å²) in [6.07, 6.45) is 0. The van der Waals surface area contributed by atoms with Gasteiger partial charge < -0.3 is 9.80 Å². The van der Waals surface area contributed by atoms with Gasteiger partial charge in [-0.15, -0.1) is 11.3 Å². The summed E-state index contributed by atoms with van der Waals surface area (Å²) >= 11 is 1.40. The number of nitrogens with zero attached hydrogens (tertiary/aromatic N) is 5. The Hall–Kier alpha value is -2.99. The van der Waals surface area contributed by atoms with Gasteiger partial charge in [0, 0.05) is 26.2 Å². The average molecular weight is 385 g/mol. The molecule has 140 valence electrons. The Labute approximate surface area is 160 Å². The fourth-order valence-electron chi connectivity index (χ4n) is 2.95. The summed E-state index contributed by atoms with van der Waals surface area (Å²) in [7, 11) is 0. The standard InChI is InChI=1S/C18H19N5O3S/c1-12-13(2)20-23(17(25)14(12)10-19)11-16(24)21-5-7-22(8-6-21)18(26)15-4-3-9-27-15/h3-4,9H,5-8,11H2,1-2H3. The predicted octanol–water partition coefficient (Wildman–Crippen LogP) is 0.778. The number of aryl methyl sites for hydroxylation is 1. The second kappa shape index (κ2) is 7.72. The first kappa shape index (κ1) is 18.8. The average Bonchev–Trinajstić information content (AvgIpc) is 3.21. The lowest BCUT2D eigenvalue weighted by Crippen LogP contribution is -2.51. The Morgan fingerprint density at radius 2 is 1.89 bits per heavy atom. The molecule has 0 bridgehead atoms. The van der Waals surface area contributed by atoms with Gasteiger partial charge in [0.1, 0.15) is 18.2 Å². The number of rotatable bonds is 3. The molecule has 1 saturated heterocycles. The van der Waals surface area contributed by atoms with Crippen molar-refractivity contribution in [2.75, 3.05) is 26.2 Å². The molecule has 3 rings (SSSR count). The topological polar surface area (TPSA) is 99.3 Å². The van der Waals surface area contributed by atoms with Crippen LogP contribution in [0.1, 0.15) is 26.5 Å². The third-order valence-electron chi connectivity index (χ3n) is 4.69. The Morgan fingerprint density at radius 1 is 1.22 bits per heavy atom. The van der Waals surface area contributed by atoms with Crippen molar-refractivity contribution in [2.24, 2.45) is 0 Å². The normalized spacial score (nSPS) is 14.1. The smallest absolute Gasteiger partial charge is 0.285 e. The van der Waals surface area contributed by atoms with Gasteiger partial charge in [0.25, 0.3) is 11.5 Å². The van der Waals surface area contributed by atoms with Crippen LogP contribution in [-0.2, 0) is 11.3 Å². The molecule has 0 aromatic carbocycles. The van der Waals surface area contributed by atoms with E-state index in [1.54, 1.807) is 29.7 Å². The fraction of sp³-hybridized carbons (Fsp3) is 0.389. The van der Waals surface area contributed by atoms with Crippen LogP contribution in [0.4, 0.5) is 0 Å². The van der Waals surface area contributed by atoms with Gasteiger partial charge in [-0.2, -0.15) is 10.4 Å². The number of thiophene rings is 1. The third kappa shape index (κ3) is 3.75. The zero-order chi connectivity index (χ0) is 19.6. The zero-order valence-electron chi connectivity index (χ0n) is 15.1. The quantitative estimate of drug-likeness (QED) is 0.777. The summed E-state index contributed by atoms with van der Waals surface area (Å²) in [4.78, 5) is 41.3. The first-order valence-electron chi connectivity index (χ1n) is 8.51. The van der Waals surface area contributed by atoms with Crippen LogP contribution in [0.25, 0.3) is 0 Å². The molecule has 27 heavy (non-hydrogen) atoms. The van der Waals surface area contributed by atoms with Crippen molar-refractivity contribution in [1.29, 1.82) is 5.26 Å². The summed E-state index contributed by atoms with van der Waals surface area (Å²) in [5, 5.41) is 15.2. The molecule has 8 nitrogen and oxygen atoms in total. The van der Waals surface area contributed by atoms with E-state index in [-0.39, 0.29) is 23.9 Å². The van der Waals surface area contributed by atoms with Gasteiger partial charge in [-0.05, 0) is 30.9 Å². The van der Waals surface area contributed by atoms with Gasteiger partial charge >= 0.3 is 0 Å². The lowest BCUT2D eigenvalue weighted by Gasteiger charge is -2.34. The zero-order valence-corrected chi connectivity index (χ0v) is 16.0. The number of nitriles is 1. The van der Waals surface area contributed by atoms with E-state index in [2.05, 4.69) is 5.10 Å². The maximum atomic E-state index is 12.6. The van der Waals surface area contributed by atoms with E-state index in [1.807, 2.05) is 17.5 Å². The first-order chi connectivity index (χ1) is 12.9. The van der Waals surface area contributed by atoms with E-state index in [0.717, 1.165) is 4.68 Å². The fourth-order valence-corrected chi connectivity index (χ4v) is 3.64. The van der Waals surface area contributed by atoms with Gasteiger partial charge in [-0.3, -0.25) is 14.4 Å². The molecule has 2 aromatic rings. The SMILES string of the molecule is Cc1nn(CC(=O)N2CCN(C(=O)c3cccs3)CC2)c(=O)c(C#N)c1C. The van der Waals surface area contributed by atoms with Crippen LogP contribution >= 0.6 is 11.3 Å². The molecule has 2 amide bonds. The highest BCUT2D eigenvalue weighted by molar-refractivity contribution is 7.12. The number of aromatic nitrogens is 2. The number of hydrogen-bond acceptors (Lipinski definition) is 6. The Bertz CT molecular complexity index is 966. The van der Waals surface area contributed by atoms with Crippen LogP contribution in [-0.4, -0.2) is 57.6 Å². The summed E-state index contributed by atoms with van der Waals surface area (Å²) in [5.41, 5.74) is 0.541. The molecule has 2 aromatic heterocycles. The molecule has 0 spiro atoms. The lowest BCUT2D eigenvalue weighted by molar-refractivity contribution is -0.133. The highest BCUT2D eigenvalue weighted by Crippen LogP contribution is 2.14. The molecule has 0 N–H and O–H groups in total. The summed E-state index contributed by atoms with van der Waals surface area (Å²) in [6.45, 7) is 4.85. The van der Waals surface area contributed by atoms with Gasteiger partial charge in [-0.1, -0.05) is 6.07 Å². The monoisotopic (exact) mass is 385 g/mol. The van der Waals surface area contributed by atoms with E-state index in [1.165, 1.54) is 11.3 Å². The Balaban J connectivity index is 1.66. The van der Waals surface area contributed by atoms with Crippen LogP contribution in [0, 0.1) is 25.2 Å². The van der Waals surface area contributed by atoms with Crippen LogP contribution in [0.15, 0.2) is 22.3 Å². The molecule has 9 heteroatoms. The van der Waals surface area contributed by atoms with E-state index < -0.39 is 5.56 Å². The maximum Gasteiger partial charge on any atom is 0.285 e. The molecule has 3 heterocycles. The first-order valence-corrected chi connectivity index (χ1v) is 9.39. The van der Waals surface area contributed by atoms with Crippen LogP contribution in [0.5, 0.6) is 0 Å². The Kier molecular flexibility index (Phi) is 5.37. The van der Waals surface area contributed by atoms with Gasteiger partial charge in [0.15, 0.2) is 0 Å². The molecule has 0 saturated carbocycles. The number of carbonyl (C=O) groups is 2. The summed E-state index contributed by atoms with van der Waals surface area (Å²) in [6, 6.07) is 5.51. The van der Waals surface area contributed by atoms with Crippen LogP contribution in [0.3, 0.4) is 0 Å². The molecular formula is C18H19N5O3S. The van der Waals surface area contributed by atoms with Gasteiger partial charge in [-0.25, -0.2) is 4.68 Å². The van der Waals surface area contributed by atoms with Crippen molar-refractivity contribution in [1.82, 2.24) is 19.6 Å². The lowest BCUT2D eigenvalue weighted by atomic mass is 10.1. The summed E-state index contributed by atoms with van der Waals surface area (Å²) in [5.74, 6) is -0.275. The highest BCUT2D eigenvalue weighted by Gasteiger charge is 2.26. The molecular weight excluding hydrogens is 366 g/mol. The van der Waals surface area contributed by atoms with E-state index in [4.69, 9.17) is 5.26 Å². The molecule has 0 radical (unpaired) electrons. The molecule has 1 fully saturated rings. The third-order valence-corrected chi connectivity index (χ3v) is 5.54. The minimum atomic E-state index is -0.555. The van der Waals surface area contributed by atoms with Gasteiger partial charge in [0.2, 0.25) is 5.91 Å². The molecule has 0 atom stereocenters. The molecule has 0 unspecified atom stereocenters. The van der Waals surface area contributed by atoms with Crippen molar-refractivity contribution in [3.8, 4) is 6.07 Å². The van der Waals surface area contributed by atoms with E-state index in [9.17, 15) is 14.4 Å². The van der Waals surface area contributed by atoms with Crippen molar-refractivity contribution in [3.05, 3.63) is 49.6 Å². The molecule has 1 aliphatic heterocycles. The predicted molar refractivity (Wildman–Crippen MR) is 99.5 cm³/mol. The van der Waals surface area contributed by atoms with E-state index >= 15 is 0 Å². The minimum Gasteiger partial charge on any atom is -0.338 e. The molecule has 0 aliphatic carbocycles. The summed E-state index contributed by atoms with van der Waals surface area (Å²) < 4.78 is 1.05. The number of piperazine rings is 1. The van der Waals surface area contributed by atoms with Crippen LogP contribution < -0.4 is 5.56 Å². The van der Waals surface area contributed by atoms with Crippen molar-refractivity contribution in [2.45, 2.75) is 20.4 Å². The number of hydrogen-bond donors (Lipinski definition) is 0. The second-order valence-corrected chi connectivity index (χ2v) is 7.26. The van der Waals surface area contributed by atoms with Crippen molar-refractivity contribution < 1.29 is 9.59 Å². The van der Waals surface area contributed by atoms with Crippen LogP contribution in [0.2, 0.25) is 0 Å².